The zero-order valence-corrected chi connectivity index (χ0v) is 16.4. The lowest BCUT2D eigenvalue weighted by atomic mass is 9.86. The van der Waals surface area contributed by atoms with Gasteiger partial charge in [0.05, 0.1) is 0 Å². The van der Waals surface area contributed by atoms with E-state index in [0.717, 1.165) is 44.1 Å². The van der Waals surface area contributed by atoms with Gasteiger partial charge >= 0.3 is 5.97 Å². The van der Waals surface area contributed by atoms with Crippen molar-refractivity contribution in [3.05, 3.63) is 76.9 Å². The highest BCUT2D eigenvalue weighted by molar-refractivity contribution is 5.74. The van der Waals surface area contributed by atoms with Crippen molar-refractivity contribution in [1.29, 1.82) is 0 Å². The molecule has 0 aromatic heterocycles. The Balaban J connectivity index is 1.72. The van der Waals surface area contributed by atoms with Crippen LogP contribution in [0.4, 0.5) is 0 Å². The largest absolute Gasteiger partial charge is 0.481 e. The van der Waals surface area contributed by atoms with Crippen molar-refractivity contribution in [2.24, 2.45) is 0 Å². The minimum atomic E-state index is -0.699. The van der Waals surface area contributed by atoms with Gasteiger partial charge in [0, 0.05) is 17.6 Å². The molecule has 2 aromatic rings. The Morgan fingerprint density at radius 1 is 0.893 bits per heavy atom. The van der Waals surface area contributed by atoms with Gasteiger partial charge < -0.3 is 5.11 Å². The fourth-order valence-corrected chi connectivity index (χ4v) is 3.73. The zero-order valence-electron chi connectivity index (χ0n) is 16.4. The number of hydrogen-bond acceptors (Lipinski definition) is 1. The standard InChI is InChI=1S/C26H28O2/c27-26(28)17-6-2-5-12-22-13-9-15-24(20-22)25-16-8-7-14-23(25)19-18-21-10-3-1-4-11-21/h1,3-4,9-11,13,15,20H,2,5-8,12,14,16-17H2,(H,27,28). The molecule has 0 saturated carbocycles. The summed E-state index contributed by atoms with van der Waals surface area (Å²) in [6.07, 6.45) is 8.65. The molecular formula is C26H28O2. The van der Waals surface area contributed by atoms with E-state index in [-0.39, 0.29) is 6.42 Å². The number of carbonyl (C=O) groups is 1. The van der Waals surface area contributed by atoms with Gasteiger partial charge in [0.15, 0.2) is 0 Å². The number of aryl methyl sites for hydroxylation is 1. The fraction of sp³-hybridized carbons (Fsp3) is 0.346. The molecule has 0 bridgehead atoms. The van der Waals surface area contributed by atoms with E-state index in [1.165, 1.54) is 35.1 Å². The number of carboxylic acids is 1. The van der Waals surface area contributed by atoms with Crippen LogP contribution in [0.1, 0.15) is 68.1 Å². The first kappa shape index (κ1) is 20.0. The number of allylic oxidation sites excluding steroid dienone is 2. The van der Waals surface area contributed by atoms with Crippen LogP contribution in [0.15, 0.2) is 60.2 Å². The second-order valence-electron chi connectivity index (χ2n) is 7.44. The Bertz CT molecular complexity index is 881. The number of unbranched alkanes of at least 4 members (excludes halogenated alkanes) is 2. The third kappa shape index (κ3) is 6.13. The van der Waals surface area contributed by atoms with E-state index >= 15 is 0 Å². The summed E-state index contributed by atoms with van der Waals surface area (Å²) < 4.78 is 0. The van der Waals surface area contributed by atoms with Crippen LogP contribution < -0.4 is 0 Å². The van der Waals surface area contributed by atoms with Crippen LogP contribution in [0.2, 0.25) is 0 Å². The normalized spacial score (nSPS) is 13.7. The summed E-state index contributed by atoms with van der Waals surface area (Å²) >= 11 is 0. The number of hydrogen-bond donors (Lipinski definition) is 1. The maximum absolute atomic E-state index is 10.6. The highest BCUT2D eigenvalue weighted by atomic mass is 16.4. The summed E-state index contributed by atoms with van der Waals surface area (Å²) in [4.78, 5) is 10.6. The number of aliphatic carboxylic acids is 1. The highest BCUT2D eigenvalue weighted by Crippen LogP contribution is 2.32. The van der Waals surface area contributed by atoms with E-state index in [2.05, 4.69) is 48.2 Å². The van der Waals surface area contributed by atoms with Gasteiger partial charge in [-0.15, -0.1) is 0 Å². The lowest BCUT2D eigenvalue weighted by molar-refractivity contribution is -0.137. The molecule has 1 aliphatic rings. The van der Waals surface area contributed by atoms with Gasteiger partial charge in [-0.2, -0.15) is 0 Å². The van der Waals surface area contributed by atoms with Crippen molar-refractivity contribution < 1.29 is 9.90 Å². The van der Waals surface area contributed by atoms with Crippen molar-refractivity contribution in [1.82, 2.24) is 0 Å². The molecule has 1 aliphatic carbocycles. The molecule has 2 heteroatoms. The third-order valence-corrected chi connectivity index (χ3v) is 5.23. The van der Waals surface area contributed by atoms with Crippen molar-refractivity contribution in [2.75, 3.05) is 0 Å². The average Bonchev–Trinajstić information content (AvgIpc) is 2.73. The van der Waals surface area contributed by atoms with Crippen LogP contribution in [0.5, 0.6) is 0 Å². The first-order valence-corrected chi connectivity index (χ1v) is 10.3. The van der Waals surface area contributed by atoms with Crippen LogP contribution in [0, 0.1) is 11.8 Å². The van der Waals surface area contributed by atoms with Gasteiger partial charge in [-0.25, -0.2) is 0 Å². The van der Waals surface area contributed by atoms with E-state index in [4.69, 9.17) is 5.11 Å². The van der Waals surface area contributed by atoms with Gasteiger partial charge in [-0.1, -0.05) is 60.7 Å². The summed E-state index contributed by atoms with van der Waals surface area (Å²) in [6.45, 7) is 0. The molecule has 0 aliphatic heterocycles. The Kier molecular flexibility index (Phi) is 7.50. The first-order valence-electron chi connectivity index (χ1n) is 10.3. The maximum Gasteiger partial charge on any atom is 0.303 e. The fourth-order valence-electron chi connectivity index (χ4n) is 3.73. The van der Waals surface area contributed by atoms with Crippen molar-refractivity contribution >= 4 is 11.5 Å². The van der Waals surface area contributed by atoms with Gasteiger partial charge in [-0.3, -0.25) is 4.79 Å². The maximum atomic E-state index is 10.6. The van der Waals surface area contributed by atoms with Crippen LogP contribution >= 0.6 is 0 Å². The molecule has 144 valence electrons. The molecular weight excluding hydrogens is 344 g/mol. The molecule has 28 heavy (non-hydrogen) atoms. The van der Waals surface area contributed by atoms with E-state index < -0.39 is 5.97 Å². The summed E-state index contributed by atoms with van der Waals surface area (Å²) in [5.74, 6) is 6.08. The topological polar surface area (TPSA) is 37.3 Å². The van der Waals surface area contributed by atoms with E-state index in [1.807, 2.05) is 18.2 Å². The number of carboxylic acid groups (broad SMARTS) is 1. The summed E-state index contributed by atoms with van der Waals surface area (Å²) in [5, 5.41) is 8.74. The number of rotatable bonds is 7. The van der Waals surface area contributed by atoms with Crippen molar-refractivity contribution in [3.8, 4) is 11.8 Å². The van der Waals surface area contributed by atoms with Crippen LogP contribution in [0.3, 0.4) is 0 Å². The molecule has 0 heterocycles. The SMILES string of the molecule is O=C(O)CCCCCc1cccc(C2=C(C#Cc3ccccc3)CCCC2)c1. The lowest BCUT2D eigenvalue weighted by Gasteiger charge is -2.18. The second kappa shape index (κ2) is 10.5. The molecule has 3 rings (SSSR count). The molecule has 1 N–H and O–H groups in total. The number of benzene rings is 2. The molecule has 0 spiro atoms. The predicted octanol–water partition coefficient (Wildman–Crippen LogP) is 6.25. The molecule has 2 aromatic carbocycles. The Hall–Kier alpha value is -2.79. The van der Waals surface area contributed by atoms with Crippen molar-refractivity contribution in [3.63, 3.8) is 0 Å². The van der Waals surface area contributed by atoms with Crippen LogP contribution in [-0.2, 0) is 11.2 Å². The van der Waals surface area contributed by atoms with Crippen molar-refractivity contribution in [2.45, 2.75) is 57.8 Å². The minimum absolute atomic E-state index is 0.274. The quantitative estimate of drug-likeness (QED) is 0.460. The summed E-state index contributed by atoms with van der Waals surface area (Å²) in [7, 11) is 0. The lowest BCUT2D eigenvalue weighted by Crippen LogP contribution is -1.99. The van der Waals surface area contributed by atoms with Gasteiger partial charge in [0.2, 0.25) is 0 Å². The minimum Gasteiger partial charge on any atom is -0.481 e. The predicted molar refractivity (Wildman–Crippen MR) is 115 cm³/mol. The van der Waals surface area contributed by atoms with E-state index in [0.29, 0.717) is 0 Å². The van der Waals surface area contributed by atoms with Crippen LogP contribution in [-0.4, -0.2) is 11.1 Å². The second-order valence-corrected chi connectivity index (χ2v) is 7.44. The Labute approximate surface area is 168 Å². The molecule has 0 atom stereocenters. The summed E-state index contributed by atoms with van der Waals surface area (Å²) in [5.41, 5.74) is 6.40. The molecule has 0 amide bonds. The van der Waals surface area contributed by atoms with Gasteiger partial charge in [0.25, 0.3) is 0 Å². The van der Waals surface area contributed by atoms with E-state index in [1.54, 1.807) is 0 Å². The molecule has 0 fully saturated rings. The monoisotopic (exact) mass is 372 g/mol. The average molecular weight is 373 g/mol. The van der Waals surface area contributed by atoms with Gasteiger partial charge in [-0.05, 0) is 73.8 Å². The molecule has 2 nitrogen and oxygen atoms in total. The Morgan fingerprint density at radius 3 is 2.54 bits per heavy atom. The van der Waals surface area contributed by atoms with Gasteiger partial charge in [0.1, 0.15) is 0 Å². The first-order chi connectivity index (χ1) is 13.7. The third-order valence-electron chi connectivity index (χ3n) is 5.23. The molecule has 0 unspecified atom stereocenters. The smallest absolute Gasteiger partial charge is 0.303 e. The highest BCUT2D eigenvalue weighted by Gasteiger charge is 2.13. The van der Waals surface area contributed by atoms with E-state index in [9.17, 15) is 4.79 Å². The van der Waals surface area contributed by atoms with Crippen LogP contribution in [0.25, 0.3) is 5.57 Å². The molecule has 0 radical (unpaired) electrons. The summed E-state index contributed by atoms with van der Waals surface area (Å²) in [6, 6.07) is 19.0. The Morgan fingerprint density at radius 2 is 1.71 bits per heavy atom. The molecule has 0 saturated heterocycles. The zero-order chi connectivity index (χ0) is 19.6.